The van der Waals surface area contributed by atoms with Crippen molar-refractivity contribution in [3.05, 3.63) is 231 Å². The molecule has 0 aliphatic carbocycles. The molecule has 0 saturated carbocycles. The van der Waals surface area contributed by atoms with Crippen LogP contribution in [0.2, 0.25) is 0 Å². The summed E-state index contributed by atoms with van der Waals surface area (Å²) in [6.45, 7) is 0. The molecule has 69 heavy (non-hydrogen) atoms. The first-order chi connectivity index (χ1) is 34.2. The lowest BCUT2D eigenvalue weighted by Crippen LogP contribution is -1.92. The lowest BCUT2D eigenvalue weighted by atomic mass is 9.83. The molecule has 15 aromatic carbocycles. The van der Waals surface area contributed by atoms with E-state index in [0.29, 0.717) is 0 Å². The maximum absolute atomic E-state index is 6.60. The van der Waals surface area contributed by atoms with Gasteiger partial charge in [-0.2, -0.15) is 0 Å². The molecule has 0 aliphatic heterocycles. The summed E-state index contributed by atoms with van der Waals surface area (Å²) < 4.78 is 6.60. The molecule has 0 fully saturated rings. The van der Waals surface area contributed by atoms with Crippen LogP contribution in [-0.4, -0.2) is 0 Å². The minimum atomic E-state index is 0.920. The van der Waals surface area contributed by atoms with E-state index in [0.717, 1.165) is 21.9 Å². The van der Waals surface area contributed by atoms with Crippen LogP contribution in [0.4, 0.5) is 0 Å². The second-order valence-corrected chi connectivity index (χ2v) is 19.1. The van der Waals surface area contributed by atoms with Gasteiger partial charge >= 0.3 is 0 Å². The number of furan rings is 1. The number of rotatable bonds is 3. The summed E-state index contributed by atoms with van der Waals surface area (Å²) in [6.07, 6.45) is 0. The van der Waals surface area contributed by atoms with Crippen LogP contribution in [0.1, 0.15) is 0 Å². The summed E-state index contributed by atoms with van der Waals surface area (Å²) in [5.41, 5.74) is 9.32. The Hall–Kier alpha value is -9.04. The van der Waals surface area contributed by atoms with E-state index in [2.05, 4.69) is 231 Å². The van der Waals surface area contributed by atoms with E-state index in [1.807, 2.05) is 0 Å². The molecule has 0 radical (unpaired) electrons. The highest BCUT2D eigenvalue weighted by Crippen LogP contribution is 2.48. The third-order valence-corrected chi connectivity index (χ3v) is 15.5. The van der Waals surface area contributed by atoms with E-state index in [1.54, 1.807) is 0 Å². The van der Waals surface area contributed by atoms with Crippen molar-refractivity contribution in [1.82, 2.24) is 0 Å². The Kier molecular flexibility index (Phi) is 7.40. The molecule has 316 valence electrons. The second-order valence-electron chi connectivity index (χ2n) is 19.1. The monoisotopic (exact) mass is 870 g/mol. The molecule has 0 spiro atoms. The summed E-state index contributed by atoms with van der Waals surface area (Å²) in [4.78, 5) is 0. The number of hydrogen-bond donors (Lipinski definition) is 0. The van der Waals surface area contributed by atoms with Gasteiger partial charge in [-0.25, -0.2) is 0 Å². The highest BCUT2D eigenvalue weighted by atomic mass is 16.3. The van der Waals surface area contributed by atoms with Crippen molar-refractivity contribution in [2.45, 2.75) is 0 Å². The molecule has 0 saturated heterocycles. The Balaban J connectivity index is 0.837. The standard InChI is InChI=1S/C68H38O/c1-2-11-43-36-63-61(35-42(43)10-1)62-37-59-50-15-4-3-14-49(50)58-34-47(28-29-51(58)60(59)38-64(62)69-63)45-22-23-46-33-48(25-24-44(46)32-45)66-52-16-5-7-18-54(52)68(55-19-8-6-17-53(55)66)57-31-27-41-21-20-39-12-9-13-40-26-30-56(57)67(41)65(39)40/h1-38H. The maximum Gasteiger partial charge on any atom is 0.136 e. The molecular formula is C68H38O. The molecule has 1 heterocycles. The molecule has 1 heteroatoms. The van der Waals surface area contributed by atoms with Crippen molar-refractivity contribution in [1.29, 1.82) is 0 Å². The third-order valence-electron chi connectivity index (χ3n) is 15.5. The first kappa shape index (κ1) is 37.1. The molecule has 16 rings (SSSR count). The molecule has 0 bridgehead atoms. The molecule has 0 atom stereocenters. The van der Waals surface area contributed by atoms with E-state index in [9.17, 15) is 0 Å². The van der Waals surface area contributed by atoms with Crippen molar-refractivity contribution in [2.24, 2.45) is 0 Å². The Bertz CT molecular complexity index is 4820. The fourth-order valence-electron chi connectivity index (χ4n) is 12.4. The van der Waals surface area contributed by atoms with Crippen LogP contribution in [0.5, 0.6) is 0 Å². The zero-order valence-corrected chi connectivity index (χ0v) is 37.3. The lowest BCUT2D eigenvalue weighted by molar-refractivity contribution is 0.670. The molecule has 16 aromatic rings. The largest absolute Gasteiger partial charge is 0.456 e. The van der Waals surface area contributed by atoms with Crippen LogP contribution in [0.15, 0.2) is 235 Å². The van der Waals surface area contributed by atoms with Gasteiger partial charge in [0.25, 0.3) is 0 Å². The Morgan fingerprint density at radius 1 is 0.203 bits per heavy atom. The topological polar surface area (TPSA) is 13.1 Å². The average Bonchev–Trinajstić information content (AvgIpc) is 3.76. The van der Waals surface area contributed by atoms with Gasteiger partial charge in [-0.05, 0) is 184 Å². The fraction of sp³-hybridized carbons (Fsp3) is 0. The summed E-state index contributed by atoms with van der Waals surface area (Å²) in [7, 11) is 0. The number of fused-ring (bicyclic) bond motifs is 13. The van der Waals surface area contributed by atoms with Gasteiger partial charge < -0.3 is 4.42 Å². The summed E-state index contributed by atoms with van der Waals surface area (Å²) in [6, 6.07) is 86.1. The average molecular weight is 871 g/mol. The van der Waals surface area contributed by atoms with Gasteiger partial charge in [0.05, 0.1) is 0 Å². The summed E-state index contributed by atoms with van der Waals surface area (Å²) >= 11 is 0. The van der Waals surface area contributed by atoms with Crippen molar-refractivity contribution >= 4 is 130 Å². The third kappa shape index (κ3) is 5.25. The Labute approximate surface area is 396 Å². The van der Waals surface area contributed by atoms with Crippen LogP contribution in [0, 0.1) is 0 Å². The summed E-state index contributed by atoms with van der Waals surface area (Å²) in [5, 5.41) is 27.5. The van der Waals surface area contributed by atoms with E-state index in [-0.39, 0.29) is 0 Å². The predicted molar refractivity (Wildman–Crippen MR) is 296 cm³/mol. The van der Waals surface area contributed by atoms with Gasteiger partial charge in [0.1, 0.15) is 11.2 Å². The van der Waals surface area contributed by atoms with Gasteiger partial charge in [-0.1, -0.05) is 188 Å². The first-order valence-electron chi connectivity index (χ1n) is 24.0. The van der Waals surface area contributed by atoms with Gasteiger partial charge in [0.2, 0.25) is 0 Å². The molecular weight excluding hydrogens is 833 g/mol. The fourth-order valence-corrected chi connectivity index (χ4v) is 12.4. The quantitative estimate of drug-likeness (QED) is 0.127. The minimum Gasteiger partial charge on any atom is -0.456 e. The van der Waals surface area contributed by atoms with Gasteiger partial charge in [-0.3, -0.25) is 0 Å². The van der Waals surface area contributed by atoms with Gasteiger partial charge in [0.15, 0.2) is 0 Å². The van der Waals surface area contributed by atoms with Crippen molar-refractivity contribution < 1.29 is 4.42 Å². The first-order valence-corrected chi connectivity index (χ1v) is 24.0. The Morgan fingerprint density at radius 3 is 1.36 bits per heavy atom. The van der Waals surface area contributed by atoms with Crippen LogP contribution >= 0.6 is 0 Å². The van der Waals surface area contributed by atoms with Crippen LogP contribution in [-0.2, 0) is 0 Å². The number of hydrogen-bond acceptors (Lipinski definition) is 1. The molecule has 1 nitrogen and oxygen atoms in total. The van der Waals surface area contributed by atoms with Crippen molar-refractivity contribution in [3.63, 3.8) is 0 Å². The SMILES string of the molecule is c1ccc2cc3c(cc2c1)oc1cc2c4ccc(-c5ccc6cc(-c7c8ccccc8c(-c8ccc9ccc%10cccc%11ccc8c9c%10%11)c8ccccc78)ccc6c5)cc4c4ccccc4c2cc13. The van der Waals surface area contributed by atoms with Gasteiger partial charge in [-0.15, -0.1) is 0 Å². The molecule has 0 aliphatic rings. The molecule has 0 unspecified atom stereocenters. The maximum atomic E-state index is 6.60. The highest BCUT2D eigenvalue weighted by Gasteiger charge is 2.21. The zero-order chi connectivity index (χ0) is 44.9. The van der Waals surface area contributed by atoms with Crippen LogP contribution in [0.25, 0.3) is 163 Å². The minimum absolute atomic E-state index is 0.920. The zero-order valence-electron chi connectivity index (χ0n) is 37.3. The van der Waals surface area contributed by atoms with E-state index in [4.69, 9.17) is 4.42 Å². The van der Waals surface area contributed by atoms with E-state index >= 15 is 0 Å². The smallest absolute Gasteiger partial charge is 0.136 e. The predicted octanol–water partition coefficient (Wildman–Crippen LogP) is 19.6. The van der Waals surface area contributed by atoms with Crippen LogP contribution < -0.4 is 0 Å². The molecule has 1 aromatic heterocycles. The molecule has 0 amide bonds. The number of benzene rings is 15. The van der Waals surface area contributed by atoms with E-state index in [1.165, 1.54) is 141 Å². The van der Waals surface area contributed by atoms with Crippen molar-refractivity contribution in [3.8, 4) is 33.4 Å². The normalized spacial score (nSPS) is 12.3. The summed E-state index contributed by atoms with van der Waals surface area (Å²) in [5.74, 6) is 0. The van der Waals surface area contributed by atoms with Crippen LogP contribution in [0.3, 0.4) is 0 Å². The second kappa shape index (κ2) is 13.8. The van der Waals surface area contributed by atoms with Gasteiger partial charge in [0, 0.05) is 10.8 Å². The molecule has 0 N–H and O–H groups in total. The van der Waals surface area contributed by atoms with E-state index < -0.39 is 0 Å². The Morgan fingerprint density at radius 2 is 0.638 bits per heavy atom. The van der Waals surface area contributed by atoms with Crippen molar-refractivity contribution in [2.75, 3.05) is 0 Å². The lowest BCUT2D eigenvalue weighted by Gasteiger charge is -2.20. The highest BCUT2D eigenvalue weighted by molar-refractivity contribution is 6.31.